The second kappa shape index (κ2) is 11.5. The summed E-state index contributed by atoms with van der Waals surface area (Å²) in [5.41, 5.74) is 5.27. The molecule has 0 fully saturated rings. The monoisotopic (exact) mass is 388 g/mol. The van der Waals surface area contributed by atoms with Crippen molar-refractivity contribution in [2.45, 2.75) is 65.3 Å². The summed E-state index contributed by atoms with van der Waals surface area (Å²) in [6.07, 6.45) is -0.970. The second-order valence-electron chi connectivity index (χ2n) is 7.25. The lowest BCUT2D eigenvalue weighted by atomic mass is 9.99. The Balaban J connectivity index is 5.28. The number of hydrogen-bond acceptors (Lipinski definition) is 6. The Morgan fingerprint density at radius 2 is 1.41 bits per heavy atom. The Labute approximate surface area is 159 Å². The number of nitrogens with two attached hydrogens (primary N) is 1. The molecule has 0 rings (SSSR count). The van der Waals surface area contributed by atoms with E-state index in [0.717, 1.165) is 0 Å². The molecular weight excluding hydrogens is 356 g/mol. The average Bonchev–Trinajstić information content (AvgIpc) is 2.54. The van der Waals surface area contributed by atoms with E-state index in [2.05, 4.69) is 16.0 Å². The first kappa shape index (κ1) is 24.8. The highest BCUT2D eigenvalue weighted by Gasteiger charge is 2.32. The molecule has 0 aromatic rings. The third-order valence-corrected chi connectivity index (χ3v) is 3.84. The van der Waals surface area contributed by atoms with Crippen LogP contribution >= 0.6 is 0 Å². The first-order valence-corrected chi connectivity index (χ1v) is 8.91. The van der Waals surface area contributed by atoms with Crippen molar-refractivity contribution in [1.29, 1.82) is 0 Å². The fraction of sp³-hybridized carbons (Fsp3) is 0.765. The summed E-state index contributed by atoms with van der Waals surface area (Å²) in [7, 11) is 0. The summed E-state index contributed by atoms with van der Waals surface area (Å²) in [5.74, 6) is -3.45. The van der Waals surface area contributed by atoms with Crippen LogP contribution in [0.15, 0.2) is 0 Å². The van der Waals surface area contributed by atoms with E-state index in [0.29, 0.717) is 6.42 Å². The number of carboxylic acids is 1. The van der Waals surface area contributed by atoms with Crippen LogP contribution in [0.25, 0.3) is 0 Å². The molecule has 0 saturated heterocycles. The maximum atomic E-state index is 12.6. The highest BCUT2D eigenvalue weighted by atomic mass is 16.4. The summed E-state index contributed by atoms with van der Waals surface area (Å²) in [6, 6.07) is -3.41. The Morgan fingerprint density at radius 1 is 0.889 bits per heavy atom. The van der Waals surface area contributed by atoms with Crippen LogP contribution in [-0.2, 0) is 19.2 Å². The SMILES string of the molecule is CC(C)CC(NC(=O)CN)C(=O)NC(C(=O)NC(C(=O)O)C(C)O)C(C)C. The van der Waals surface area contributed by atoms with Crippen LogP contribution in [0.3, 0.4) is 0 Å². The van der Waals surface area contributed by atoms with Crippen LogP contribution in [0.1, 0.15) is 41.0 Å². The van der Waals surface area contributed by atoms with Crippen LogP contribution in [0.5, 0.6) is 0 Å². The number of carboxylic acid groups (broad SMARTS) is 1. The molecule has 0 radical (unpaired) electrons. The first-order chi connectivity index (χ1) is 12.4. The lowest BCUT2D eigenvalue weighted by molar-refractivity contribution is -0.145. The van der Waals surface area contributed by atoms with Crippen molar-refractivity contribution in [3.05, 3.63) is 0 Å². The van der Waals surface area contributed by atoms with Gasteiger partial charge in [-0.1, -0.05) is 27.7 Å². The van der Waals surface area contributed by atoms with Crippen LogP contribution in [0.2, 0.25) is 0 Å². The van der Waals surface area contributed by atoms with E-state index >= 15 is 0 Å². The van der Waals surface area contributed by atoms with Crippen LogP contribution in [0, 0.1) is 11.8 Å². The van der Waals surface area contributed by atoms with E-state index in [-0.39, 0.29) is 18.4 Å². The molecule has 0 spiro atoms. The Hall–Kier alpha value is -2.20. The van der Waals surface area contributed by atoms with Gasteiger partial charge in [0.1, 0.15) is 12.1 Å². The Kier molecular flexibility index (Phi) is 10.6. The fourth-order valence-electron chi connectivity index (χ4n) is 2.38. The normalized spacial score (nSPS) is 15.6. The van der Waals surface area contributed by atoms with E-state index in [4.69, 9.17) is 10.8 Å². The van der Waals surface area contributed by atoms with E-state index < -0.39 is 47.9 Å². The fourth-order valence-corrected chi connectivity index (χ4v) is 2.38. The number of amides is 3. The molecule has 7 N–H and O–H groups in total. The zero-order valence-electron chi connectivity index (χ0n) is 16.5. The molecule has 0 aliphatic rings. The molecule has 10 nitrogen and oxygen atoms in total. The number of aliphatic carboxylic acids is 1. The summed E-state index contributed by atoms with van der Waals surface area (Å²) in [5, 5.41) is 25.9. The summed E-state index contributed by atoms with van der Waals surface area (Å²) in [4.78, 5) is 47.8. The number of hydrogen-bond donors (Lipinski definition) is 6. The lowest BCUT2D eigenvalue weighted by Gasteiger charge is -2.27. The molecule has 10 heteroatoms. The predicted octanol–water partition coefficient (Wildman–Crippen LogP) is -1.43. The molecule has 0 bridgehead atoms. The molecule has 0 aliphatic heterocycles. The molecule has 0 aromatic heterocycles. The molecule has 0 saturated carbocycles. The van der Waals surface area contributed by atoms with Crippen molar-refractivity contribution in [2.75, 3.05) is 6.54 Å². The number of nitrogens with one attached hydrogen (secondary N) is 3. The lowest BCUT2D eigenvalue weighted by Crippen LogP contribution is -2.59. The van der Waals surface area contributed by atoms with Gasteiger partial charge in [0.2, 0.25) is 17.7 Å². The second-order valence-corrected chi connectivity index (χ2v) is 7.25. The van der Waals surface area contributed by atoms with Gasteiger partial charge in [0.15, 0.2) is 6.04 Å². The van der Waals surface area contributed by atoms with Gasteiger partial charge < -0.3 is 31.9 Å². The number of rotatable bonds is 11. The Bertz CT molecular complexity index is 536. The minimum Gasteiger partial charge on any atom is -0.480 e. The predicted molar refractivity (Wildman–Crippen MR) is 98.5 cm³/mol. The van der Waals surface area contributed by atoms with E-state index in [9.17, 15) is 24.3 Å². The van der Waals surface area contributed by atoms with Crippen molar-refractivity contribution in [2.24, 2.45) is 17.6 Å². The van der Waals surface area contributed by atoms with Crippen molar-refractivity contribution in [1.82, 2.24) is 16.0 Å². The van der Waals surface area contributed by atoms with Crippen LogP contribution < -0.4 is 21.7 Å². The van der Waals surface area contributed by atoms with Crippen molar-refractivity contribution < 1.29 is 29.4 Å². The Morgan fingerprint density at radius 3 is 1.78 bits per heavy atom. The standard InChI is InChI=1S/C17H32N4O6/c1-8(2)6-11(19-12(23)7-18)15(24)20-13(9(3)4)16(25)21-14(10(5)22)17(26)27/h8-11,13-14,22H,6-7,18H2,1-5H3,(H,19,23)(H,20,24)(H,21,25)(H,26,27). The largest absolute Gasteiger partial charge is 0.480 e. The average molecular weight is 388 g/mol. The van der Waals surface area contributed by atoms with Crippen molar-refractivity contribution >= 4 is 23.7 Å². The summed E-state index contributed by atoms with van der Waals surface area (Å²) in [6.45, 7) is 8.08. The van der Waals surface area contributed by atoms with E-state index in [1.54, 1.807) is 13.8 Å². The third-order valence-electron chi connectivity index (χ3n) is 3.84. The number of aliphatic hydroxyl groups excluding tert-OH is 1. The first-order valence-electron chi connectivity index (χ1n) is 8.91. The summed E-state index contributed by atoms with van der Waals surface area (Å²) >= 11 is 0. The molecular formula is C17H32N4O6. The van der Waals surface area contributed by atoms with Gasteiger partial charge in [-0.3, -0.25) is 14.4 Å². The summed E-state index contributed by atoms with van der Waals surface area (Å²) < 4.78 is 0. The van der Waals surface area contributed by atoms with Crippen LogP contribution in [0.4, 0.5) is 0 Å². The minimum absolute atomic E-state index is 0.0942. The molecule has 27 heavy (non-hydrogen) atoms. The van der Waals surface area contributed by atoms with E-state index in [1.165, 1.54) is 6.92 Å². The van der Waals surface area contributed by atoms with Gasteiger partial charge >= 0.3 is 5.97 Å². The minimum atomic E-state index is -1.50. The molecule has 0 aliphatic carbocycles. The molecule has 4 atom stereocenters. The van der Waals surface area contributed by atoms with Gasteiger partial charge in [0.25, 0.3) is 0 Å². The van der Waals surface area contributed by atoms with Gasteiger partial charge in [-0.2, -0.15) is 0 Å². The van der Waals surface area contributed by atoms with Gasteiger partial charge in [-0.15, -0.1) is 0 Å². The third kappa shape index (κ3) is 8.83. The number of carbonyl (C=O) groups is 4. The molecule has 3 amide bonds. The highest BCUT2D eigenvalue weighted by Crippen LogP contribution is 2.08. The zero-order valence-corrected chi connectivity index (χ0v) is 16.5. The number of aliphatic hydroxyl groups is 1. The highest BCUT2D eigenvalue weighted by molar-refractivity contribution is 5.93. The number of carbonyl (C=O) groups excluding carboxylic acids is 3. The van der Waals surface area contributed by atoms with Crippen molar-refractivity contribution in [3.63, 3.8) is 0 Å². The van der Waals surface area contributed by atoms with Crippen molar-refractivity contribution in [3.8, 4) is 0 Å². The maximum absolute atomic E-state index is 12.6. The molecule has 156 valence electrons. The molecule has 4 unspecified atom stereocenters. The molecule has 0 heterocycles. The zero-order chi connectivity index (χ0) is 21.3. The quantitative estimate of drug-likeness (QED) is 0.252. The topological polar surface area (TPSA) is 171 Å². The van der Waals surface area contributed by atoms with Gasteiger partial charge in [0, 0.05) is 0 Å². The maximum Gasteiger partial charge on any atom is 0.328 e. The van der Waals surface area contributed by atoms with Gasteiger partial charge in [-0.25, -0.2) is 4.79 Å². The molecule has 0 aromatic carbocycles. The van der Waals surface area contributed by atoms with Crippen LogP contribution in [-0.4, -0.2) is 64.7 Å². The van der Waals surface area contributed by atoms with Gasteiger partial charge in [0.05, 0.1) is 12.6 Å². The smallest absolute Gasteiger partial charge is 0.328 e. The van der Waals surface area contributed by atoms with Gasteiger partial charge in [-0.05, 0) is 25.2 Å². The van der Waals surface area contributed by atoms with E-state index in [1.807, 2.05) is 13.8 Å².